The zero-order chi connectivity index (χ0) is 14.5. The van der Waals surface area contributed by atoms with E-state index in [-0.39, 0.29) is 11.9 Å². The van der Waals surface area contributed by atoms with Gasteiger partial charge >= 0.3 is 0 Å². The Morgan fingerprint density at radius 2 is 2.10 bits per heavy atom. The van der Waals surface area contributed by atoms with E-state index in [9.17, 15) is 4.79 Å². The van der Waals surface area contributed by atoms with Crippen LogP contribution in [0, 0.1) is 0 Å². The molecule has 1 aliphatic heterocycles. The van der Waals surface area contributed by atoms with E-state index >= 15 is 0 Å². The number of halogens is 2. The molecule has 20 heavy (non-hydrogen) atoms. The molecule has 0 aromatic heterocycles. The Balaban J connectivity index is 1.97. The lowest BCUT2D eigenvalue weighted by Gasteiger charge is -2.23. The average molecular weight is 315 g/mol. The molecule has 1 saturated heterocycles. The lowest BCUT2D eigenvalue weighted by molar-refractivity contribution is -0.132. The van der Waals surface area contributed by atoms with Gasteiger partial charge in [-0.2, -0.15) is 0 Å². The van der Waals surface area contributed by atoms with Gasteiger partial charge in [-0.1, -0.05) is 42.1 Å². The highest BCUT2D eigenvalue weighted by atomic mass is 35.5. The van der Waals surface area contributed by atoms with Gasteiger partial charge in [0.05, 0.1) is 16.1 Å². The molecule has 110 valence electrons. The van der Waals surface area contributed by atoms with Crippen LogP contribution in [-0.2, 0) is 11.3 Å². The molecule has 1 atom stereocenters. The van der Waals surface area contributed by atoms with Gasteiger partial charge in [0.15, 0.2) is 0 Å². The van der Waals surface area contributed by atoms with E-state index in [2.05, 4.69) is 5.32 Å². The molecule has 1 aliphatic rings. The molecular formula is C15H20Cl2N2O. The van der Waals surface area contributed by atoms with Crippen molar-refractivity contribution >= 4 is 29.1 Å². The van der Waals surface area contributed by atoms with Crippen LogP contribution >= 0.6 is 23.2 Å². The summed E-state index contributed by atoms with van der Waals surface area (Å²) in [5.41, 5.74) is 0.990. The summed E-state index contributed by atoms with van der Waals surface area (Å²) >= 11 is 11.9. The van der Waals surface area contributed by atoms with E-state index in [1.54, 1.807) is 11.0 Å². The fourth-order valence-electron chi connectivity index (χ4n) is 2.50. The highest BCUT2D eigenvalue weighted by Crippen LogP contribution is 2.23. The Bertz CT molecular complexity index is 471. The smallest absolute Gasteiger partial charge is 0.239 e. The minimum Gasteiger partial charge on any atom is -0.340 e. The summed E-state index contributed by atoms with van der Waals surface area (Å²) in [6.45, 7) is 1.48. The van der Waals surface area contributed by atoms with Crippen molar-refractivity contribution in [1.29, 1.82) is 0 Å². The summed E-state index contributed by atoms with van der Waals surface area (Å²) in [6.07, 6.45) is 4.39. The lowest BCUT2D eigenvalue weighted by atomic mass is 10.1. The van der Waals surface area contributed by atoms with Crippen LogP contribution in [0.4, 0.5) is 0 Å². The SMILES string of the molecule is CN(Cc1ccc(Cl)c(Cl)c1)C(=O)C1CCCCCN1. The molecule has 5 heteroatoms. The van der Waals surface area contributed by atoms with Crippen molar-refractivity contribution in [3.05, 3.63) is 33.8 Å². The second-order valence-corrected chi connectivity index (χ2v) is 6.11. The van der Waals surface area contributed by atoms with E-state index in [1.807, 2.05) is 19.2 Å². The first-order chi connectivity index (χ1) is 9.58. The summed E-state index contributed by atoms with van der Waals surface area (Å²) in [7, 11) is 1.83. The molecule has 0 saturated carbocycles. The number of rotatable bonds is 3. The highest BCUT2D eigenvalue weighted by molar-refractivity contribution is 6.42. The van der Waals surface area contributed by atoms with Gasteiger partial charge in [-0.05, 0) is 37.1 Å². The average Bonchev–Trinajstić information content (AvgIpc) is 2.71. The van der Waals surface area contributed by atoms with Crippen molar-refractivity contribution in [2.45, 2.75) is 38.3 Å². The van der Waals surface area contributed by atoms with Crippen molar-refractivity contribution in [1.82, 2.24) is 10.2 Å². The molecule has 1 fully saturated rings. The molecule has 1 amide bonds. The largest absolute Gasteiger partial charge is 0.340 e. The summed E-state index contributed by atoms with van der Waals surface area (Å²) in [5, 5.41) is 4.39. The normalized spacial score (nSPS) is 19.4. The molecular weight excluding hydrogens is 295 g/mol. The predicted molar refractivity (Wildman–Crippen MR) is 83.2 cm³/mol. The van der Waals surface area contributed by atoms with Crippen molar-refractivity contribution in [3.63, 3.8) is 0 Å². The Labute approximate surface area is 130 Å². The van der Waals surface area contributed by atoms with Crippen LogP contribution in [0.1, 0.15) is 31.2 Å². The second-order valence-electron chi connectivity index (χ2n) is 5.30. The number of carbonyl (C=O) groups excluding carboxylic acids is 1. The molecule has 1 heterocycles. The van der Waals surface area contributed by atoms with E-state index < -0.39 is 0 Å². The van der Waals surface area contributed by atoms with Crippen LogP contribution in [-0.4, -0.2) is 30.4 Å². The topological polar surface area (TPSA) is 32.3 Å². The van der Waals surface area contributed by atoms with E-state index in [0.717, 1.165) is 31.4 Å². The van der Waals surface area contributed by atoms with Gasteiger partial charge in [0.2, 0.25) is 5.91 Å². The van der Waals surface area contributed by atoms with Crippen LogP contribution in [0.15, 0.2) is 18.2 Å². The maximum atomic E-state index is 12.4. The number of amides is 1. The first-order valence-electron chi connectivity index (χ1n) is 7.00. The van der Waals surface area contributed by atoms with Crippen molar-refractivity contribution < 1.29 is 4.79 Å². The number of nitrogens with one attached hydrogen (secondary N) is 1. The number of likely N-dealkylation sites (N-methyl/N-ethyl adjacent to an activating group) is 1. The molecule has 0 aliphatic carbocycles. The number of carbonyl (C=O) groups is 1. The predicted octanol–water partition coefficient (Wildman–Crippen LogP) is 3.48. The standard InChI is InChI=1S/C15H20Cl2N2O/c1-19(10-11-6-7-12(16)13(17)9-11)15(20)14-5-3-2-4-8-18-14/h6-7,9,14,18H,2-5,8,10H2,1H3. The molecule has 0 bridgehead atoms. The van der Waals surface area contributed by atoms with Gasteiger partial charge in [0, 0.05) is 13.6 Å². The molecule has 0 radical (unpaired) electrons. The van der Waals surface area contributed by atoms with Crippen molar-refractivity contribution in [2.75, 3.05) is 13.6 Å². The Morgan fingerprint density at radius 3 is 2.85 bits per heavy atom. The number of benzene rings is 1. The van der Waals surface area contributed by atoms with Crippen LogP contribution in [0.2, 0.25) is 10.0 Å². The minimum atomic E-state index is -0.0507. The lowest BCUT2D eigenvalue weighted by Crippen LogP contribution is -2.44. The Hall–Kier alpha value is -0.770. The molecule has 0 spiro atoms. The molecule has 3 nitrogen and oxygen atoms in total. The van der Waals surface area contributed by atoms with Gasteiger partial charge in [-0.3, -0.25) is 4.79 Å². The van der Waals surface area contributed by atoms with Gasteiger partial charge in [-0.25, -0.2) is 0 Å². The molecule has 1 aromatic carbocycles. The first kappa shape index (κ1) is 15.6. The monoisotopic (exact) mass is 314 g/mol. The van der Waals surface area contributed by atoms with Crippen molar-refractivity contribution in [3.8, 4) is 0 Å². The van der Waals surface area contributed by atoms with Gasteiger partial charge in [-0.15, -0.1) is 0 Å². The maximum Gasteiger partial charge on any atom is 0.239 e. The van der Waals surface area contributed by atoms with Gasteiger partial charge < -0.3 is 10.2 Å². The van der Waals surface area contributed by atoms with Crippen LogP contribution in [0.25, 0.3) is 0 Å². The fraction of sp³-hybridized carbons (Fsp3) is 0.533. The second kappa shape index (κ2) is 7.30. The molecule has 2 rings (SSSR count). The zero-order valence-corrected chi connectivity index (χ0v) is 13.2. The maximum absolute atomic E-state index is 12.4. The van der Waals surface area contributed by atoms with Gasteiger partial charge in [0.1, 0.15) is 0 Å². The molecule has 1 aromatic rings. The van der Waals surface area contributed by atoms with Gasteiger partial charge in [0.25, 0.3) is 0 Å². The van der Waals surface area contributed by atoms with Crippen LogP contribution in [0.5, 0.6) is 0 Å². The third kappa shape index (κ3) is 4.11. The van der Waals surface area contributed by atoms with Crippen LogP contribution in [0.3, 0.4) is 0 Å². The number of hydrogen-bond donors (Lipinski definition) is 1. The zero-order valence-electron chi connectivity index (χ0n) is 11.7. The van der Waals surface area contributed by atoms with E-state index in [1.165, 1.54) is 6.42 Å². The summed E-state index contributed by atoms with van der Waals surface area (Å²) in [6, 6.07) is 5.43. The fourth-order valence-corrected chi connectivity index (χ4v) is 2.82. The third-order valence-electron chi connectivity index (χ3n) is 3.64. The summed E-state index contributed by atoms with van der Waals surface area (Å²) in [4.78, 5) is 14.2. The summed E-state index contributed by atoms with van der Waals surface area (Å²) < 4.78 is 0. The number of nitrogens with zero attached hydrogens (tertiary/aromatic N) is 1. The molecule has 1 unspecified atom stereocenters. The highest BCUT2D eigenvalue weighted by Gasteiger charge is 2.22. The minimum absolute atomic E-state index is 0.0507. The van der Waals surface area contributed by atoms with E-state index in [0.29, 0.717) is 16.6 Å². The van der Waals surface area contributed by atoms with Crippen molar-refractivity contribution in [2.24, 2.45) is 0 Å². The Kier molecular flexibility index (Phi) is 5.70. The third-order valence-corrected chi connectivity index (χ3v) is 4.38. The quantitative estimate of drug-likeness (QED) is 0.926. The number of hydrogen-bond acceptors (Lipinski definition) is 2. The van der Waals surface area contributed by atoms with Crippen LogP contribution < -0.4 is 5.32 Å². The van der Waals surface area contributed by atoms with E-state index in [4.69, 9.17) is 23.2 Å². The Morgan fingerprint density at radius 1 is 1.30 bits per heavy atom. The first-order valence-corrected chi connectivity index (χ1v) is 7.76. The summed E-state index contributed by atoms with van der Waals surface area (Å²) in [5.74, 6) is 0.151. The molecule has 1 N–H and O–H groups in total.